The molecule has 3 unspecified atom stereocenters. The number of carbonyl (C=O) groups excluding carboxylic acids is 1. The molecule has 3 rings (SSSR count). The van der Waals surface area contributed by atoms with E-state index in [1.165, 1.54) is 0 Å². The third-order valence-corrected chi connectivity index (χ3v) is 5.05. The van der Waals surface area contributed by atoms with Gasteiger partial charge in [0.05, 0.1) is 6.04 Å². The maximum Gasteiger partial charge on any atom is 0.226 e. The summed E-state index contributed by atoms with van der Waals surface area (Å²) >= 11 is 0. The average Bonchev–Trinajstić information content (AvgIpc) is 3.20. The molecule has 1 aromatic rings. The van der Waals surface area contributed by atoms with Crippen molar-refractivity contribution in [2.75, 3.05) is 19.6 Å². The van der Waals surface area contributed by atoms with Gasteiger partial charge in [0.25, 0.3) is 0 Å². The number of amides is 1. The van der Waals surface area contributed by atoms with Crippen LogP contribution in [0.5, 0.6) is 0 Å². The van der Waals surface area contributed by atoms with E-state index in [0.29, 0.717) is 5.91 Å². The van der Waals surface area contributed by atoms with E-state index >= 15 is 0 Å². The molecule has 0 aromatic carbocycles. The van der Waals surface area contributed by atoms with Gasteiger partial charge in [-0.2, -0.15) is 0 Å². The Morgan fingerprint density at radius 1 is 1.60 bits per heavy atom. The number of piperazine rings is 1. The molecule has 1 N–H and O–H groups in total. The summed E-state index contributed by atoms with van der Waals surface area (Å²) in [4.78, 5) is 19.1. The zero-order chi connectivity index (χ0) is 14.2. The van der Waals surface area contributed by atoms with E-state index in [9.17, 15) is 4.79 Å². The first-order valence-electron chi connectivity index (χ1n) is 7.57. The largest absolute Gasteiger partial charge is 0.333 e. The molecule has 2 fully saturated rings. The third-order valence-electron chi connectivity index (χ3n) is 5.05. The number of aromatic nitrogens is 1. The number of nitrogens with one attached hydrogen (secondary N) is 1. The molecule has 1 saturated heterocycles. The fraction of sp³-hybridized carbons (Fsp3) is 0.625. The van der Waals surface area contributed by atoms with Gasteiger partial charge in [0, 0.05) is 37.9 Å². The van der Waals surface area contributed by atoms with Crippen molar-refractivity contribution in [3.8, 4) is 0 Å². The van der Waals surface area contributed by atoms with E-state index < -0.39 is 0 Å². The summed E-state index contributed by atoms with van der Waals surface area (Å²) in [6, 6.07) is 4.14. The highest BCUT2D eigenvalue weighted by atomic mass is 16.2. The van der Waals surface area contributed by atoms with Gasteiger partial charge in [-0.15, -0.1) is 0 Å². The number of rotatable bonds is 3. The van der Waals surface area contributed by atoms with Crippen LogP contribution in [0.15, 0.2) is 24.5 Å². The zero-order valence-corrected chi connectivity index (χ0v) is 12.3. The van der Waals surface area contributed by atoms with Crippen molar-refractivity contribution in [3.63, 3.8) is 0 Å². The zero-order valence-electron chi connectivity index (χ0n) is 12.3. The van der Waals surface area contributed by atoms with Gasteiger partial charge in [0.1, 0.15) is 0 Å². The van der Waals surface area contributed by atoms with Crippen LogP contribution >= 0.6 is 0 Å². The maximum atomic E-state index is 12.8. The monoisotopic (exact) mass is 273 g/mol. The lowest BCUT2D eigenvalue weighted by Crippen LogP contribution is -2.49. The summed E-state index contributed by atoms with van der Waals surface area (Å²) < 4.78 is 0. The lowest BCUT2D eigenvalue weighted by Gasteiger charge is -2.37. The van der Waals surface area contributed by atoms with E-state index in [2.05, 4.69) is 35.1 Å². The standard InChI is InChI=1S/C16H23N3O/c1-3-16(2)9-13(16)15(20)19-8-7-18-11-14(19)12-5-4-6-17-10-12/h4-6,10,13-14,18H,3,7-9,11H2,1-2H3. The second kappa shape index (κ2) is 5.17. The topological polar surface area (TPSA) is 45.2 Å². The minimum Gasteiger partial charge on any atom is -0.333 e. The van der Waals surface area contributed by atoms with Crippen LogP contribution in [0.1, 0.15) is 38.3 Å². The molecule has 2 aliphatic rings. The summed E-state index contributed by atoms with van der Waals surface area (Å²) in [5, 5.41) is 3.39. The molecule has 108 valence electrons. The van der Waals surface area contributed by atoms with E-state index in [4.69, 9.17) is 0 Å². The van der Waals surface area contributed by atoms with Crippen molar-refractivity contribution in [2.24, 2.45) is 11.3 Å². The number of hydrogen-bond acceptors (Lipinski definition) is 3. The van der Waals surface area contributed by atoms with Crippen molar-refractivity contribution in [3.05, 3.63) is 30.1 Å². The lowest BCUT2D eigenvalue weighted by molar-refractivity contribution is -0.136. The highest BCUT2D eigenvalue weighted by Gasteiger charge is 2.54. The predicted octanol–water partition coefficient (Wildman–Crippen LogP) is 1.99. The quantitative estimate of drug-likeness (QED) is 0.916. The first kappa shape index (κ1) is 13.6. The van der Waals surface area contributed by atoms with Gasteiger partial charge in [-0.05, 0) is 29.9 Å². The van der Waals surface area contributed by atoms with E-state index in [-0.39, 0.29) is 17.4 Å². The minimum atomic E-state index is 0.131. The van der Waals surface area contributed by atoms with Crippen LogP contribution in [0.2, 0.25) is 0 Å². The van der Waals surface area contributed by atoms with E-state index in [1.54, 1.807) is 6.20 Å². The van der Waals surface area contributed by atoms with Gasteiger partial charge in [-0.3, -0.25) is 9.78 Å². The summed E-state index contributed by atoms with van der Waals surface area (Å²) in [5.74, 6) is 0.564. The van der Waals surface area contributed by atoms with E-state index in [0.717, 1.165) is 38.0 Å². The number of carbonyl (C=O) groups is 1. The van der Waals surface area contributed by atoms with Crippen molar-refractivity contribution in [1.29, 1.82) is 0 Å². The molecular formula is C16H23N3O. The van der Waals surface area contributed by atoms with Crippen molar-refractivity contribution < 1.29 is 4.79 Å². The van der Waals surface area contributed by atoms with Crippen molar-refractivity contribution in [2.45, 2.75) is 32.7 Å². The van der Waals surface area contributed by atoms with Gasteiger partial charge >= 0.3 is 0 Å². The van der Waals surface area contributed by atoms with Crippen LogP contribution in [0.4, 0.5) is 0 Å². The number of pyridine rings is 1. The Hall–Kier alpha value is -1.42. The summed E-state index contributed by atoms with van der Waals surface area (Å²) in [7, 11) is 0. The molecule has 1 saturated carbocycles. The summed E-state index contributed by atoms with van der Waals surface area (Å²) in [6.45, 7) is 6.93. The fourth-order valence-corrected chi connectivity index (χ4v) is 3.22. The van der Waals surface area contributed by atoms with Gasteiger partial charge < -0.3 is 10.2 Å². The number of nitrogens with zero attached hydrogens (tertiary/aromatic N) is 2. The van der Waals surface area contributed by atoms with Crippen LogP contribution in [0.3, 0.4) is 0 Å². The third kappa shape index (κ3) is 2.33. The Bertz CT molecular complexity index is 490. The molecule has 1 aromatic heterocycles. The molecular weight excluding hydrogens is 250 g/mol. The highest BCUT2D eigenvalue weighted by molar-refractivity contribution is 5.83. The SMILES string of the molecule is CCC1(C)CC1C(=O)N1CCNCC1c1cccnc1. The van der Waals surface area contributed by atoms with Crippen LogP contribution < -0.4 is 5.32 Å². The Morgan fingerprint density at radius 3 is 3.10 bits per heavy atom. The van der Waals surface area contributed by atoms with Crippen LogP contribution in [-0.4, -0.2) is 35.4 Å². The van der Waals surface area contributed by atoms with Gasteiger partial charge in [0.15, 0.2) is 0 Å². The Labute approximate surface area is 120 Å². The molecule has 1 aliphatic carbocycles. The van der Waals surface area contributed by atoms with Gasteiger partial charge in [-0.25, -0.2) is 0 Å². The van der Waals surface area contributed by atoms with Crippen LogP contribution in [0.25, 0.3) is 0 Å². The smallest absolute Gasteiger partial charge is 0.226 e. The highest BCUT2D eigenvalue weighted by Crippen LogP contribution is 2.55. The second-order valence-corrected chi connectivity index (χ2v) is 6.30. The Kier molecular flexibility index (Phi) is 3.50. The maximum absolute atomic E-state index is 12.8. The Balaban J connectivity index is 1.78. The van der Waals surface area contributed by atoms with E-state index in [1.807, 2.05) is 12.3 Å². The van der Waals surface area contributed by atoms with Crippen LogP contribution in [-0.2, 0) is 4.79 Å². The molecule has 0 radical (unpaired) electrons. The molecule has 4 heteroatoms. The van der Waals surface area contributed by atoms with Crippen molar-refractivity contribution >= 4 is 5.91 Å². The first-order chi connectivity index (χ1) is 9.65. The normalized spacial score (nSPS) is 33.0. The molecule has 2 heterocycles. The Morgan fingerprint density at radius 2 is 2.45 bits per heavy atom. The lowest BCUT2D eigenvalue weighted by atomic mass is 10.0. The van der Waals surface area contributed by atoms with Crippen LogP contribution in [0, 0.1) is 11.3 Å². The fourth-order valence-electron chi connectivity index (χ4n) is 3.22. The molecule has 3 atom stereocenters. The molecule has 1 amide bonds. The minimum absolute atomic E-state index is 0.131. The molecule has 4 nitrogen and oxygen atoms in total. The van der Waals surface area contributed by atoms with Crippen molar-refractivity contribution in [1.82, 2.24) is 15.2 Å². The predicted molar refractivity (Wildman–Crippen MR) is 78.1 cm³/mol. The first-order valence-corrected chi connectivity index (χ1v) is 7.57. The molecule has 1 aliphatic heterocycles. The molecule has 20 heavy (non-hydrogen) atoms. The molecule has 0 bridgehead atoms. The average molecular weight is 273 g/mol. The molecule has 0 spiro atoms. The summed E-state index contributed by atoms with van der Waals surface area (Å²) in [6.07, 6.45) is 5.80. The van der Waals surface area contributed by atoms with Gasteiger partial charge in [0.2, 0.25) is 5.91 Å². The second-order valence-electron chi connectivity index (χ2n) is 6.30. The number of hydrogen-bond donors (Lipinski definition) is 1. The summed E-state index contributed by atoms with van der Waals surface area (Å²) in [5.41, 5.74) is 1.37. The van der Waals surface area contributed by atoms with Gasteiger partial charge in [-0.1, -0.05) is 19.9 Å².